The standard InChI is InChI=1S/C21H16N4O5/c1-13-10-19-23-21(26)18(20(22)24(19)30-13)11-14-4-8-17(9-5-14)29-12-15-2-6-16(7-3-15)25(27)28/h2-11,22H,12H2,1H3/b18-11+,22-20?. The van der Waals surface area contributed by atoms with E-state index >= 15 is 0 Å². The van der Waals surface area contributed by atoms with Crippen molar-refractivity contribution in [2.45, 2.75) is 13.5 Å². The number of hydroxylamine groups is 2. The van der Waals surface area contributed by atoms with E-state index in [1.165, 1.54) is 17.2 Å². The average Bonchev–Trinajstić information content (AvgIpc) is 3.11. The number of hydrogen-bond donors (Lipinski definition) is 1. The number of non-ortho nitro benzene ring substituents is 1. The van der Waals surface area contributed by atoms with Crippen molar-refractivity contribution in [3.8, 4) is 5.75 Å². The molecule has 2 aliphatic rings. The average molecular weight is 404 g/mol. The van der Waals surface area contributed by atoms with Gasteiger partial charge >= 0.3 is 0 Å². The molecule has 0 unspecified atom stereocenters. The molecule has 0 bridgehead atoms. The van der Waals surface area contributed by atoms with Crippen molar-refractivity contribution < 1.29 is 19.3 Å². The molecule has 150 valence electrons. The number of ether oxygens (including phenoxy) is 1. The molecule has 0 radical (unpaired) electrons. The monoisotopic (exact) mass is 404 g/mol. The fourth-order valence-electron chi connectivity index (χ4n) is 2.91. The van der Waals surface area contributed by atoms with E-state index in [1.54, 1.807) is 55.5 Å². The fraction of sp³-hybridized carbons (Fsp3) is 0.0952. The molecular weight excluding hydrogens is 388 g/mol. The van der Waals surface area contributed by atoms with Crippen LogP contribution in [-0.4, -0.2) is 27.6 Å². The largest absolute Gasteiger partial charge is 0.489 e. The minimum atomic E-state index is -0.501. The molecule has 9 heteroatoms. The maximum Gasteiger partial charge on any atom is 0.282 e. The number of amides is 1. The zero-order valence-corrected chi connectivity index (χ0v) is 15.9. The number of benzene rings is 2. The minimum absolute atomic E-state index is 0.0284. The summed E-state index contributed by atoms with van der Waals surface area (Å²) in [5, 5.41) is 20.1. The zero-order valence-electron chi connectivity index (χ0n) is 15.9. The molecule has 1 amide bonds. The van der Waals surface area contributed by atoms with Gasteiger partial charge in [-0.15, -0.1) is 5.06 Å². The third-order valence-corrected chi connectivity index (χ3v) is 4.42. The molecular formula is C21H16N4O5. The molecule has 30 heavy (non-hydrogen) atoms. The summed E-state index contributed by atoms with van der Waals surface area (Å²) in [6.45, 7) is 1.98. The van der Waals surface area contributed by atoms with Crippen LogP contribution >= 0.6 is 0 Å². The fourth-order valence-corrected chi connectivity index (χ4v) is 2.91. The predicted octanol–water partition coefficient (Wildman–Crippen LogP) is 3.62. The van der Waals surface area contributed by atoms with E-state index in [0.29, 0.717) is 22.9 Å². The van der Waals surface area contributed by atoms with Crippen LogP contribution in [0.1, 0.15) is 18.1 Å². The molecule has 0 spiro atoms. The highest BCUT2D eigenvalue weighted by molar-refractivity contribution is 6.32. The van der Waals surface area contributed by atoms with Crippen LogP contribution in [0.5, 0.6) is 5.75 Å². The number of fused-ring (bicyclic) bond motifs is 1. The lowest BCUT2D eigenvalue weighted by atomic mass is 10.1. The first-order valence-electron chi connectivity index (χ1n) is 8.97. The summed E-state index contributed by atoms with van der Waals surface area (Å²) in [5.41, 5.74) is 1.66. The lowest BCUT2D eigenvalue weighted by Crippen LogP contribution is -2.38. The van der Waals surface area contributed by atoms with Crippen LogP contribution in [0, 0.1) is 15.5 Å². The molecule has 4 rings (SSSR count). The minimum Gasteiger partial charge on any atom is -0.489 e. The number of amidine groups is 2. The first-order chi connectivity index (χ1) is 14.4. The third kappa shape index (κ3) is 3.81. The number of aliphatic imine (C=N–C) groups is 1. The Labute approximate surface area is 171 Å². The van der Waals surface area contributed by atoms with Crippen molar-refractivity contribution >= 4 is 29.3 Å². The Morgan fingerprint density at radius 1 is 1.20 bits per heavy atom. The van der Waals surface area contributed by atoms with Crippen molar-refractivity contribution in [3.05, 3.63) is 87.2 Å². The van der Waals surface area contributed by atoms with E-state index in [2.05, 4.69) is 4.99 Å². The molecule has 2 aliphatic heterocycles. The van der Waals surface area contributed by atoms with Crippen LogP contribution < -0.4 is 4.74 Å². The summed E-state index contributed by atoms with van der Waals surface area (Å²) < 4.78 is 5.69. The second-order valence-electron chi connectivity index (χ2n) is 6.60. The van der Waals surface area contributed by atoms with Gasteiger partial charge in [-0.05, 0) is 48.4 Å². The molecule has 0 saturated carbocycles. The number of nitro benzene ring substituents is 1. The molecule has 0 aliphatic carbocycles. The van der Waals surface area contributed by atoms with Gasteiger partial charge in [-0.3, -0.25) is 20.3 Å². The van der Waals surface area contributed by atoms with Gasteiger partial charge in [0.2, 0.25) is 0 Å². The van der Waals surface area contributed by atoms with Crippen LogP contribution in [-0.2, 0) is 16.2 Å². The number of rotatable bonds is 5. The Morgan fingerprint density at radius 2 is 1.90 bits per heavy atom. The van der Waals surface area contributed by atoms with Crippen LogP contribution in [0.3, 0.4) is 0 Å². The van der Waals surface area contributed by atoms with Gasteiger partial charge in [-0.2, -0.15) is 4.99 Å². The molecule has 2 heterocycles. The van der Waals surface area contributed by atoms with E-state index in [9.17, 15) is 14.9 Å². The summed E-state index contributed by atoms with van der Waals surface area (Å²) in [4.78, 5) is 31.9. The number of nitro groups is 1. The van der Waals surface area contributed by atoms with E-state index in [1.807, 2.05) is 0 Å². The van der Waals surface area contributed by atoms with E-state index in [-0.39, 0.29) is 23.7 Å². The zero-order chi connectivity index (χ0) is 21.3. The SMILES string of the molecule is CC1=CC2=NC(=O)/C(=C/c3ccc(OCc4ccc([N+](=O)[O-])cc4)cc3)C(=N)N2O1. The Bertz CT molecular complexity index is 1130. The van der Waals surface area contributed by atoms with Gasteiger partial charge in [0.15, 0.2) is 11.7 Å². The number of nitrogens with zero attached hydrogens (tertiary/aromatic N) is 3. The number of carbonyl (C=O) groups is 1. The predicted molar refractivity (Wildman–Crippen MR) is 109 cm³/mol. The smallest absolute Gasteiger partial charge is 0.282 e. The van der Waals surface area contributed by atoms with E-state index in [4.69, 9.17) is 15.0 Å². The van der Waals surface area contributed by atoms with Crippen LogP contribution in [0.25, 0.3) is 6.08 Å². The molecule has 2 aromatic carbocycles. The third-order valence-electron chi connectivity index (χ3n) is 4.42. The van der Waals surface area contributed by atoms with Crippen molar-refractivity contribution in [2.24, 2.45) is 4.99 Å². The molecule has 2 aromatic rings. The summed E-state index contributed by atoms with van der Waals surface area (Å²) >= 11 is 0. The maximum atomic E-state index is 12.3. The molecule has 0 fully saturated rings. The highest BCUT2D eigenvalue weighted by atomic mass is 16.7. The first kappa shape index (κ1) is 19.1. The van der Waals surface area contributed by atoms with Crippen molar-refractivity contribution in [3.63, 3.8) is 0 Å². The second-order valence-corrected chi connectivity index (χ2v) is 6.60. The normalized spacial score (nSPS) is 16.7. The lowest BCUT2D eigenvalue weighted by molar-refractivity contribution is -0.384. The van der Waals surface area contributed by atoms with Gasteiger partial charge in [-0.1, -0.05) is 12.1 Å². The Morgan fingerprint density at radius 3 is 2.57 bits per heavy atom. The number of hydrogen-bond acceptors (Lipinski definition) is 6. The van der Waals surface area contributed by atoms with Crippen LogP contribution in [0.2, 0.25) is 0 Å². The van der Waals surface area contributed by atoms with Gasteiger partial charge in [-0.25, -0.2) is 0 Å². The number of allylic oxidation sites excluding steroid dienone is 1. The molecule has 0 saturated heterocycles. The topological polar surface area (TPSA) is 118 Å². The summed E-state index contributed by atoms with van der Waals surface area (Å²) in [5.74, 6) is 0.885. The molecule has 0 atom stereocenters. The Hall–Kier alpha value is -4.27. The summed E-state index contributed by atoms with van der Waals surface area (Å²) in [6.07, 6.45) is 3.17. The van der Waals surface area contributed by atoms with Gasteiger partial charge in [0.05, 0.1) is 10.5 Å². The lowest BCUT2D eigenvalue weighted by Gasteiger charge is -2.22. The second kappa shape index (κ2) is 7.63. The molecule has 1 N–H and O–H groups in total. The van der Waals surface area contributed by atoms with Crippen LogP contribution in [0.15, 0.2) is 70.9 Å². The Kier molecular flexibility index (Phi) is 4.85. The van der Waals surface area contributed by atoms with E-state index in [0.717, 1.165) is 5.56 Å². The summed E-state index contributed by atoms with van der Waals surface area (Å²) in [7, 11) is 0. The van der Waals surface area contributed by atoms with Crippen molar-refractivity contribution in [2.75, 3.05) is 0 Å². The van der Waals surface area contributed by atoms with Gasteiger partial charge in [0, 0.05) is 18.2 Å². The summed E-state index contributed by atoms with van der Waals surface area (Å²) in [6, 6.07) is 13.1. The number of nitrogens with one attached hydrogen (secondary N) is 1. The Balaban J connectivity index is 1.43. The van der Waals surface area contributed by atoms with Gasteiger partial charge in [0.25, 0.3) is 11.6 Å². The highest BCUT2D eigenvalue weighted by Gasteiger charge is 2.34. The molecule has 0 aromatic heterocycles. The van der Waals surface area contributed by atoms with E-state index < -0.39 is 10.8 Å². The van der Waals surface area contributed by atoms with Crippen LogP contribution in [0.4, 0.5) is 5.69 Å². The quantitative estimate of drug-likeness (QED) is 0.462. The van der Waals surface area contributed by atoms with Gasteiger partial charge in [0.1, 0.15) is 18.1 Å². The van der Waals surface area contributed by atoms with Crippen molar-refractivity contribution in [1.29, 1.82) is 5.41 Å². The number of carbonyl (C=O) groups excluding carboxylic acids is 1. The first-order valence-corrected chi connectivity index (χ1v) is 8.97. The van der Waals surface area contributed by atoms with Gasteiger partial charge < -0.3 is 9.57 Å². The highest BCUT2D eigenvalue weighted by Crippen LogP contribution is 2.24. The van der Waals surface area contributed by atoms with Crippen molar-refractivity contribution in [1.82, 2.24) is 5.06 Å². The molecule has 9 nitrogen and oxygen atoms in total. The maximum absolute atomic E-state index is 12.3.